The number of hydrogen-bond acceptors (Lipinski definition) is 5. The molecule has 0 aliphatic carbocycles. The van der Waals surface area contributed by atoms with Gasteiger partial charge in [0.05, 0.1) is 17.1 Å². The monoisotopic (exact) mass is 525 g/mol. The maximum atomic E-state index is 13.0. The van der Waals surface area contributed by atoms with Crippen LogP contribution in [0.3, 0.4) is 0 Å². The first-order chi connectivity index (χ1) is 18.8. The van der Waals surface area contributed by atoms with Crippen LogP contribution in [-0.4, -0.2) is 33.0 Å². The predicted octanol–water partition coefficient (Wildman–Crippen LogP) is 4.14. The van der Waals surface area contributed by atoms with E-state index in [0.717, 1.165) is 27.3 Å². The van der Waals surface area contributed by atoms with E-state index in [2.05, 4.69) is 15.4 Å². The lowest BCUT2D eigenvalue weighted by atomic mass is 10.2. The van der Waals surface area contributed by atoms with E-state index in [1.54, 1.807) is 36.4 Å². The molecule has 0 unspecified atom stereocenters. The van der Waals surface area contributed by atoms with E-state index in [1.807, 2.05) is 36.6 Å². The summed E-state index contributed by atoms with van der Waals surface area (Å²) in [6, 6.07) is 21.4. The first-order valence-corrected chi connectivity index (χ1v) is 12.1. The molecule has 9 nitrogen and oxygen atoms in total. The van der Waals surface area contributed by atoms with E-state index in [9.17, 15) is 18.8 Å². The van der Waals surface area contributed by atoms with Gasteiger partial charge >= 0.3 is 5.69 Å². The molecule has 0 spiro atoms. The Kier molecular flexibility index (Phi) is 6.92. The molecule has 2 N–H and O–H groups in total. The summed E-state index contributed by atoms with van der Waals surface area (Å²) in [5.41, 5.74) is 3.19. The number of amides is 1. The van der Waals surface area contributed by atoms with Gasteiger partial charge in [0.2, 0.25) is 0 Å². The van der Waals surface area contributed by atoms with E-state index in [4.69, 9.17) is 4.74 Å². The molecule has 0 aliphatic rings. The summed E-state index contributed by atoms with van der Waals surface area (Å²) >= 11 is 0. The van der Waals surface area contributed by atoms with Gasteiger partial charge < -0.3 is 19.6 Å². The number of benzene rings is 3. The molecule has 39 heavy (non-hydrogen) atoms. The van der Waals surface area contributed by atoms with E-state index >= 15 is 0 Å². The molecule has 0 saturated heterocycles. The molecule has 196 valence electrons. The summed E-state index contributed by atoms with van der Waals surface area (Å²) in [6.07, 6.45) is 1.49. The van der Waals surface area contributed by atoms with Gasteiger partial charge in [-0.25, -0.2) is 9.18 Å². The third-order valence-corrected chi connectivity index (χ3v) is 6.16. The van der Waals surface area contributed by atoms with Crippen molar-refractivity contribution in [3.05, 3.63) is 122 Å². The number of halogens is 1. The second-order valence-corrected chi connectivity index (χ2v) is 8.84. The van der Waals surface area contributed by atoms with E-state index in [0.29, 0.717) is 22.3 Å². The van der Waals surface area contributed by atoms with Crippen LogP contribution in [-0.2, 0) is 4.79 Å². The summed E-state index contributed by atoms with van der Waals surface area (Å²) in [5, 5.41) is 7.18. The summed E-state index contributed by atoms with van der Waals surface area (Å²) in [4.78, 5) is 40.0. The number of carbonyl (C=O) groups is 1. The Morgan fingerprint density at radius 1 is 1.03 bits per heavy atom. The van der Waals surface area contributed by atoms with Gasteiger partial charge in [-0.3, -0.25) is 9.59 Å². The van der Waals surface area contributed by atoms with Crippen LogP contribution in [0, 0.1) is 19.7 Å². The average molecular weight is 526 g/mol. The molecule has 5 aromatic rings. The number of hydrogen-bond donors (Lipinski definition) is 2. The molecule has 0 fully saturated rings. The zero-order chi connectivity index (χ0) is 27.5. The number of carbonyl (C=O) groups excluding carboxylic acids is 1. The Morgan fingerprint density at radius 3 is 2.49 bits per heavy atom. The Balaban J connectivity index is 1.30. The van der Waals surface area contributed by atoms with E-state index in [1.165, 1.54) is 30.5 Å². The van der Waals surface area contributed by atoms with Crippen molar-refractivity contribution in [2.75, 3.05) is 11.9 Å². The van der Waals surface area contributed by atoms with Crippen LogP contribution in [0.5, 0.6) is 5.75 Å². The Hall–Kier alpha value is -5.25. The SMILES string of the molecule is Cc1cc(C=Nn2c(=O)[nH]c3ccccc3c2=O)c(C)n1-c1ccc(OCC(=O)Nc2ccc(F)cc2)cc1. The number of H-pyrrole nitrogens is 1. The number of nitrogens with zero attached hydrogens (tertiary/aromatic N) is 3. The quantitative estimate of drug-likeness (QED) is 0.311. The van der Waals surface area contributed by atoms with Crippen molar-refractivity contribution in [3.63, 3.8) is 0 Å². The standard InChI is InChI=1S/C29H24FN5O4/c1-18-15-20(16-31-35-28(37)25-5-3-4-6-26(25)33-29(35)38)19(2)34(18)23-11-13-24(14-12-23)39-17-27(36)32-22-9-7-21(30)8-10-22/h3-16H,17H2,1-2H3,(H,32,36)(H,33,38). The molecule has 10 heteroatoms. The van der Waals surface area contributed by atoms with E-state index in [-0.39, 0.29) is 18.3 Å². The minimum Gasteiger partial charge on any atom is -0.484 e. The van der Waals surface area contributed by atoms with Gasteiger partial charge in [-0.2, -0.15) is 5.10 Å². The molecule has 0 saturated carbocycles. The second kappa shape index (κ2) is 10.6. The number of aromatic amines is 1. The molecule has 0 atom stereocenters. The van der Waals surface area contributed by atoms with Gasteiger partial charge in [0.15, 0.2) is 6.61 Å². The number of aromatic nitrogens is 3. The zero-order valence-electron chi connectivity index (χ0n) is 21.1. The van der Waals surface area contributed by atoms with Gasteiger partial charge in [0, 0.05) is 28.3 Å². The van der Waals surface area contributed by atoms with Crippen LogP contribution in [0.25, 0.3) is 16.6 Å². The summed E-state index contributed by atoms with van der Waals surface area (Å²) in [6.45, 7) is 3.64. The molecule has 2 heterocycles. The van der Waals surface area contributed by atoms with Crippen molar-refractivity contribution in [2.45, 2.75) is 13.8 Å². The van der Waals surface area contributed by atoms with Gasteiger partial charge in [0.1, 0.15) is 11.6 Å². The fourth-order valence-electron chi connectivity index (χ4n) is 4.26. The molecule has 0 radical (unpaired) electrons. The average Bonchev–Trinajstić information content (AvgIpc) is 3.21. The van der Waals surface area contributed by atoms with Crippen LogP contribution < -0.4 is 21.3 Å². The maximum Gasteiger partial charge on any atom is 0.349 e. The molecule has 2 aromatic heterocycles. The van der Waals surface area contributed by atoms with Gasteiger partial charge in [-0.15, -0.1) is 4.68 Å². The van der Waals surface area contributed by atoms with Crippen LogP contribution in [0.15, 0.2) is 93.6 Å². The lowest BCUT2D eigenvalue weighted by molar-refractivity contribution is -0.118. The minimum atomic E-state index is -0.620. The molecular weight excluding hydrogens is 501 g/mol. The number of anilines is 1. The maximum absolute atomic E-state index is 13.0. The first-order valence-electron chi connectivity index (χ1n) is 12.1. The Morgan fingerprint density at radius 2 is 1.74 bits per heavy atom. The fourth-order valence-corrected chi connectivity index (χ4v) is 4.26. The van der Waals surface area contributed by atoms with Crippen molar-refractivity contribution < 1.29 is 13.9 Å². The summed E-state index contributed by atoms with van der Waals surface area (Å²) in [7, 11) is 0. The largest absolute Gasteiger partial charge is 0.484 e. The number of rotatable bonds is 7. The highest BCUT2D eigenvalue weighted by Gasteiger charge is 2.11. The molecule has 0 aliphatic heterocycles. The summed E-state index contributed by atoms with van der Waals surface area (Å²) < 4.78 is 21.4. The Bertz CT molecular complexity index is 1820. The van der Waals surface area contributed by atoms with Crippen molar-refractivity contribution in [2.24, 2.45) is 5.10 Å². The third kappa shape index (κ3) is 5.40. The van der Waals surface area contributed by atoms with Crippen LogP contribution in [0.2, 0.25) is 0 Å². The summed E-state index contributed by atoms with van der Waals surface area (Å²) in [5.74, 6) is -0.240. The topological polar surface area (TPSA) is 110 Å². The fraction of sp³-hybridized carbons (Fsp3) is 0.103. The lowest BCUT2D eigenvalue weighted by Gasteiger charge is -2.11. The molecule has 0 bridgehead atoms. The number of nitrogens with one attached hydrogen (secondary N) is 2. The van der Waals surface area contributed by atoms with Gasteiger partial charge in [0.25, 0.3) is 11.5 Å². The highest BCUT2D eigenvalue weighted by atomic mass is 19.1. The Labute approximate surface area is 221 Å². The van der Waals surface area contributed by atoms with Crippen LogP contribution in [0.4, 0.5) is 10.1 Å². The van der Waals surface area contributed by atoms with Crippen molar-refractivity contribution in [3.8, 4) is 11.4 Å². The van der Waals surface area contributed by atoms with Crippen LogP contribution in [0.1, 0.15) is 17.0 Å². The predicted molar refractivity (Wildman–Crippen MR) is 148 cm³/mol. The van der Waals surface area contributed by atoms with E-state index < -0.39 is 11.2 Å². The third-order valence-electron chi connectivity index (χ3n) is 6.16. The zero-order valence-corrected chi connectivity index (χ0v) is 21.1. The number of aryl methyl sites for hydroxylation is 1. The molecular formula is C29H24FN5O4. The first kappa shape index (κ1) is 25.4. The van der Waals surface area contributed by atoms with Gasteiger partial charge in [-0.05, 0) is 80.6 Å². The highest BCUT2D eigenvalue weighted by molar-refractivity contribution is 5.91. The molecule has 3 aromatic carbocycles. The number of ether oxygens (including phenoxy) is 1. The lowest BCUT2D eigenvalue weighted by Crippen LogP contribution is -2.32. The second-order valence-electron chi connectivity index (χ2n) is 8.84. The van der Waals surface area contributed by atoms with Crippen molar-refractivity contribution in [1.82, 2.24) is 14.2 Å². The smallest absolute Gasteiger partial charge is 0.349 e. The molecule has 5 rings (SSSR count). The van der Waals surface area contributed by atoms with Crippen molar-refractivity contribution in [1.29, 1.82) is 0 Å². The minimum absolute atomic E-state index is 0.202. The van der Waals surface area contributed by atoms with Crippen molar-refractivity contribution >= 4 is 28.7 Å². The van der Waals surface area contributed by atoms with Crippen LogP contribution >= 0.6 is 0 Å². The number of fused-ring (bicyclic) bond motifs is 1. The number of para-hydroxylation sites is 1. The van der Waals surface area contributed by atoms with Gasteiger partial charge in [-0.1, -0.05) is 12.1 Å². The normalized spacial score (nSPS) is 11.3. The highest BCUT2D eigenvalue weighted by Crippen LogP contribution is 2.22. The molecule has 1 amide bonds.